The monoisotopic (exact) mass is 305 g/mol. The lowest BCUT2D eigenvalue weighted by Gasteiger charge is -2.09. The average molecular weight is 305 g/mol. The molecule has 120 valence electrons. The minimum absolute atomic E-state index is 0.0204. The highest BCUT2D eigenvalue weighted by Gasteiger charge is 2.07. The van der Waals surface area contributed by atoms with Gasteiger partial charge in [0, 0.05) is 24.6 Å². The van der Waals surface area contributed by atoms with Gasteiger partial charge in [-0.25, -0.2) is 0 Å². The van der Waals surface area contributed by atoms with E-state index in [0.717, 1.165) is 0 Å². The Morgan fingerprint density at radius 3 is 2.32 bits per heavy atom. The maximum atomic E-state index is 11.7. The van der Waals surface area contributed by atoms with Gasteiger partial charge in [0.05, 0.1) is 6.54 Å². The van der Waals surface area contributed by atoms with Crippen molar-refractivity contribution in [1.82, 2.24) is 16.0 Å². The van der Waals surface area contributed by atoms with E-state index in [1.165, 1.54) is 0 Å². The van der Waals surface area contributed by atoms with Crippen molar-refractivity contribution >= 4 is 17.7 Å². The van der Waals surface area contributed by atoms with Crippen LogP contribution in [0.25, 0.3) is 0 Å². The second-order valence-electron chi connectivity index (χ2n) is 5.22. The minimum atomic E-state index is -0.208. The Kier molecular flexibility index (Phi) is 7.67. The number of benzene rings is 1. The third-order valence-corrected chi connectivity index (χ3v) is 2.80. The van der Waals surface area contributed by atoms with Crippen LogP contribution < -0.4 is 16.0 Å². The van der Waals surface area contributed by atoms with E-state index in [-0.39, 0.29) is 36.7 Å². The molecule has 0 aliphatic rings. The van der Waals surface area contributed by atoms with Crippen molar-refractivity contribution in [2.75, 3.05) is 13.1 Å². The van der Waals surface area contributed by atoms with Gasteiger partial charge in [-0.1, -0.05) is 18.2 Å². The number of carbonyl (C=O) groups excluding carboxylic acids is 3. The molecule has 0 heterocycles. The zero-order chi connectivity index (χ0) is 16.4. The molecule has 0 aromatic heterocycles. The Morgan fingerprint density at radius 2 is 1.68 bits per heavy atom. The first-order valence-corrected chi connectivity index (χ1v) is 7.38. The summed E-state index contributed by atoms with van der Waals surface area (Å²) in [5, 5.41) is 7.98. The topological polar surface area (TPSA) is 87.3 Å². The summed E-state index contributed by atoms with van der Waals surface area (Å²) in [6.45, 7) is 4.11. The number of nitrogens with one attached hydrogen (secondary N) is 3. The van der Waals surface area contributed by atoms with E-state index < -0.39 is 0 Å². The fourth-order valence-electron chi connectivity index (χ4n) is 1.78. The van der Waals surface area contributed by atoms with Crippen LogP contribution >= 0.6 is 0 Å². The van der Waals surface area contributed by atoms with Crippen LogP contribution in [0.4, 0.5) is 0 Å². The van der Waals surface area contributed by atoms with E-state index in [4.69, 9.17) is 0 Å². The van der Waals surface area contributed by atoms with Crippen LogP contribution in [0.1, 0.15) is 37.0 Å². The zero-order valence-electron chi connectivity index (χ0n) is 13.0. The van der Waals surface area contributed by atoms with E-state index >= 15 is 0 Å². The Labute approximate surface area is 130 Å². The molecule has 3 N–H and O–H groups in total. The molecular weight excluding hydrogens is 282 g/mol. The minimum Gasteiger partial charge on any atom is -0.352 e. The van der Waals surface area contributed by atoms with Crippen LogP contribution in [0, 0.1) is 0 Å². The summed E-state index contributed by atoms with van der Waals surface area (Å²) in [6, 6.07) is 8.95. The fraction of sp³-hybridized carbons (Fsp3) is 0.438. The largest absolute Gasteiger partial charge is 0.352 e. The third kappa shape index (κ3) is 7.42. The van der Waals surface area contributed by atoms with Gasteiger partial charge in [0.25, 0.3) is 5.91 Å². The molecule has 1 rings (SSSR count). The van der Waals surface area contributed by atoms with Gasteiger partial charge in [0.1, 0.15) is 0 Å². The lowest BCUT2D eigenvalue weighted by molar-refractivity contribution is -0.126. The highest BCUT2D eigenvalue weighted by Crippen LogP contribution is 1.98. The third-order valence-electron chi connectivity index (χ3n) is 2.80. The SMILES string of the molecule is CC(C)NC(=O)CNC(=O)CCCNC(=O)c1ccccc1. The van der Waals surface area contributed by atoms with E-state index in [2.05, 4.69) is 16.0 Å². The van der Waals surface area contributed by atoms with Crippen LogP contribution in [-0.4, -0.2) is 36.9 Å². The molecule has 0 atom stereocenters. The predicted molar refractivity (Wildman–Crippen MR) is 84.3 cm³/mol. The zero-order valence-corrected chi connectivity index (χ0v) is 13.0. The van der Waals surface area contributed by atoms with Crippen molar-refractivity contribution in [3.05, 3.63) is 35.9 Å². The van der Waals surface area contributed by atoms with Crippen LogP contribution in [0.5, 0.6) is 0 Å². The van der Waals surface area contributed by atoms with Crippen LogP contribution in [0.15, 0.2) is 30.3 Å². The molecule has 0 saturated heterocycles. The normalized spacial score (nSPS) is 10.1. The van der Waals surface area contributed by atoms with Crippen molar-refractivity contribution in [1.29, 1.82) is 0 Å². The summed E-state index contributed by atoms with van der Waals surface area (Å²) in [4.78, 5) is 34.6. The van der Waals surface area contributed by atoms with Crippen molar-refractivity contribution < 1.29 is 14.4 Å². The number of amides is 3. The fourth-order valence-corrected chi connectivity index (χ4v) is 1.78. The molecule has 0 fully saturated rings. The maximum absolute atomic E-state index is 11.7. The molecule has 0 aliphatic heterocycles. The summed E-state index contributed by atoms with van der Waals surface area (Å²) in [6.07, 6.45) is 0.792. The van der Waals surface area contributed by atoms with Crippen LogP contribution in [-0.2, 0) is 9.59 Å². The standard InChI is InChI=1S/C16H23N3O3/c1-12(2)19-15(21)11-18-14(20)9-6-10-17-16(22)13-7-4-3-5-8-13/h3-5,7-8,12H,6,9-11H2,1-2H3,(H,17,22)(H,18,20)(H,19,21). The summed E-state index contributed by atoms with van der Waals surface area (Å²) in [5.41, 5.74) is 0.595. The van der Waals surface area contributed by atoms with Gasteiger partial charge >= 0.3 is 0 Å². The van der Waals surface area contributed by atoms with E-state index in [1.807, 2.05) is 19.9 Å². The summed E-state index contributed by atoms with van der Waals surface area (Å²) >= 11 is 0. The molecule has 22 heavy (non-hydrogen) atoms. The lowest BCUT2D eigenvalue weighted by atomic mass is 10.2. The smallest absolute Gasteiger partial charge is 0.251 e. The summed E-state index contributed by atoms with van der Waals surface area (Å²) in [5.74, 6) is -0.564. The molecule has 3 amide bonds. The molecule has 6 heteroatoms. The Morgan fingerprint density at radius 1 is 1.00 bits per heavy atom. The first-order chi connectivity index (χ1) is 10.5. The molecule has 0 spiro atoms. The summed E-state index contributed by atoms with van der Waals surface area (Å²) < 4.78 is 0. The van der Waals surface area contributed by atoms with Crippen molar-refractivity contribution in [3.63, 3.8) is 0 Å². The molecule has 0 aliphatic carbocycles. The maximum Gasteiger partial charge on any atom is 0.251 e. The second kappa shape index (κ2) is 9.55. The molecule has 0 unspecified atom stereocenters. The lowest BCUT2D eigenvalue weighted by Crippen LogP contribution is -2.39. The molecule has 1 aromatic carbocycles. The number of hydrogen-bond acceptors (Lipinski definition) is 3. The molecule has 0 bridgehead atoms. The highest BCUT2D eigenvalue weighted by atomic mass is 16.2. The Balaban J connectivity index is 2.13. The van der Waals surface area contributed by atoms with Crippen molar-refractivity contribution in [2.45, 2.75) is 32.7 Å². The van der Waals surface area contributed by atoms with Gasteiger partial charge in [-0.15, -0.1) is 0 Å². The van der Waals surface area contributed by atoms with Gasteiger partial charge in [-0.2, -0.15) is 0 Å². The van der Waals surface area contributed by atoms with Crippen LogP contribution in [0.3, 0.4) is 0 Å². The number of carbonyl (C=O) groups is 3. The molecular formula is C16H23N3O3. The first-order valence-electron chi connectivity index (χ1n) is 7.38. The van der Waals surface area contributed by atoms with Crippen molar-refractivity contribution in [3.8, 4) is 0 Å². The molecule has 0 radical (unpaired) electrons. The van der Waals surface area contributed by atoms with Crippen molar-refractivity contribution in [2.24, 2.45) is 0 Å². The number of rotatable bonds is 8. The van der Waals surface area contributed by atoms with E-state index in [9.17, 15) is 14.4 Å². The summed E-state index contributed by atoms with van der Waals surface area (Å²) in [7, 11) is 0. The first kappa shape index (κ1) is 17.7. The van der Waals surface area contributed by atoms with Crippen LogP contribution in [0.2, 0.25) is 0 Å². The molecule has 6 nitrogen and oxygen atoms in total. The highest BCUT2D eigenvalue weighted by molar-refractivity contribution is 5.94. The van der Waals surface area contributed by atoms with Gasteiger partial charge in [0.15, 0.2) is 0 Å². The Hall–Kier alpha value is -2.37. The Bertz CT molecular complexity index is 501. The van der Waals surface area contributed by atoms with Gasteiger partial charge in [0.2, 0.25) is 11.8 Å². The number of hydrogen-bond donors (Lipinski definition) is 3. The quantitative estimate of drug-likeness (QED) is 0.622. The average Bonchev–Trinajstić information content (AvgIpc) is 2.49. The second-order valence-corrected chi connectivity index (χ2v) is 5.22. The molecule has 0 saturated carbocycles. The predicted octanol–water partition coefficient (Wildman–Crippen LogP) is 0.837. The van der Waals surface area contributed by atoms with Gasteiger partial charge < -0.3 is 16.0 Å². The van der Waals surface area contributed by atoms with E-state index in [0.29, 0.717) is 18.5 Å². The van der Waals surface area contributed by atoms with Gasteiger partial charge in [-0.05, 0) is 32.4 Å². The molecule has 1 aromatic rings. The van der Waals surface area contributed by atoms with E-state index in [1.54, 1.807) is 24.3 Å². The van der Waals surface area contributed by atoms with Gasteiger partial charge in [-0.3, -0.25) is 14.4 Å².